The molecule has 1 aromatic heterocycles. The van der Waals surface area contributed by atoms with Crippen molar-refractivity contribution in [3.63, 3.8) is 0 Å². The van der Waals surface area contributed by atoms with E-state index in [1.807, 2.05) is 0 Å². The maximum absolute atomic E-state index is 14.1. The molecule has 1 aliphatic heterocycles. The van der Waals surface area contributed by atoms with Crippen LogP contribution in [-0.4, -0.2) is 29.2 Å². The lowest BCUT2D eigenvalue weighted by atomic mass is 10.0. The minimum absolute atomic E-state index is 0.0674. The Morgan fingerprint density at radius 3 is 2.59 bits per heavy atom. The van der Waals surface area contributed by atoms with Crippen LogP contribution in [0.15, 0.2) is 76.5 Å². The van der Waals surface area contributed by atoms with E-state index in [1.54, 1.807) is 42.5 Å². The molecule has 7 heteroatoms. The summed E-state index contributed by atoms with van der Waals surface area (Å²) in [6, 6.07) is 15.5. The van der Waals surface area contributed by atoms with Gasteiger partial charge in [0, 0.05) is 18.5 Å². The SMILES string of the molecule is O=C(c1ccco1)N(Cc1ccccc1F)C[C@@H]1CC(c2ccc(F)cc2)=NO1. The number of halogens is 2. The first-order valence-electron chi connectivity index (χ1n) is 9.15. The number of rotatable bonds is 6. The number of furan rings is 1. The van der Waals surface area contributed by atoms with Gasteiger partial charge in [0.2, 0.25) is 0 Å². The van der Waals surface area contributed by atoms with Crippen LogP contribution in [0.3, 0.4) is 0 Å². The molecule has 0 fully saturated rings. The number of amides is 1. The predicted octanol–water partition coefficient (Wildman–Crippen LogP) is 4.39. The average Bonchev–Trinajstić information content (AvgIpc) is 3.41. The number of oxime groups is 1. The van der Waals surface area contributed by atoms with Crippen molar-refractivity contribution < 1.29 is 22.8 Å². The van der Waals surface area contributed by atoms with Crippen LogP contribution in [0.25, 0.3) is 0 Å². The smallest absolute Gasteiger partial charge is 0.289 e. The Balaban J connectivity index is 1.49. The second-order valence-electron chi connectivity index (χ2n) is 6.73. The van der Waals surface area contributed by atoms with Gasteiger partial charge in [-0.1, -0.05) is 35.5 Å². The summed E-state index contributed by atoms with van der Waals surface area (Å²) in [7, 11) is 0. The zero-order valence-corrected chi connectivity index (χ0v) is 15.4. The Morgan fingerprint density at radius 1 is 1.07 bits per heavy atom. The zero-order chi connectivity index (χ0) is 20.2. The van der Waals surface area contributed by atoms with Gasteiger partial charge >= 0.3 is 0 Å². The second kappa shape index (κ2) is 8.26. The van der Waals surface area contributed by atoms with Gasteiger partial charge in [0.15, 0.2) is 11.9 Å². The van der Waals surface area contributed by atoms with Crippen molar-refractivity contribution in [3.8, 4) is 0 Å². The molecule has 0 aliphatic carbocycles. The lowest BCUT2D eigenvalue weighted by molar-refractivity contribution is 0.0385. The predicted molar refractivity (Wildman–Crippen MR) is 102 cm³/mol. The van der Waals surface area contributed by atoms with Crippen LogP contribution >= 0.6 is 0 Å². The molecule has 1 aliphatic rings. The van der Waals surface area contributed by atoms with Crippen molar-refractivity contribution in [2.24, 2.45) is 5.16 Å². The van der Waals surface area contributed by atoms with Crippen molar-refractivity contribution in [1.29, 1.82) is 0 Å². The number of benzene rings is 2. The van der Waals surface area contributed by atoms with Crippen LogP contribution in [0.2, 0.25) is 0 Å². The number of carbonyl (C=O) groups is 1. The molecule has 1 amide bonds. The monoisotopic (exact) mass is 396 g/mol. The fraction of sp³-hybridized carbons (Fsp3) is 0.182. The van der Waals surface area contributed by atoms with Gasteiger partial charge in [-0.2, -0.15) is 0 Å². The highest BCUT2D eigenvalue weighted by atomic mass is 19.1. The molecule has 29 heavy (non-hydrogen) atoms. The molecule has 0 spiro atoms. The molecule has 0 radical (unpaired) electrons. The van der Waals surface area contributed by atoms with Gasteiger partial charge in [-0.3, -0.25) is 4.79 Å². The molecule has 1 atom stereocenters. The third-order valence-electron chi connectivity index (χ3n) is 4.67. The van der Waals surface area contributed by atoms with Crippen LogP contribution < -0.4 is 0 Å². The van der Waals surface area contributed by atoms with Gasteiger partial charge in [0.05, 0.1) is 18.5 Å². The molecule has 0 unspecified atom stereocenters. The lowest BCUT2D eigenvalue weighted by Gasteiger charge is -2.24. The van der Waals surface area contributed by atoms with Gasteiger partial charge < -0.3 is 14.2 Å². The van der Waals surface area contributed by atoms with Crippen molar-refractivity contribution in [1.82, 2.24) is 4.90 Å². The minimum atomic E-state index is -0.402. The molecule has 3 aromatic rings. The van der Waals surface area contributed by atoms with Crippen LogP contribution in [-0.2, 0) is 11.4 Å². The van der Waals surface area contributed by atoms with E-state index in [4.69, 9.17) is 9.25 Å². The highest BCUT2D eigenvalue weighted by molar-refractivity contribution is 6.01. The van der Waals surface area contributed by atoms with Gasteiger partial charge in [-0.25, -0.2) is 8.78 Å². The van der Waals surface area contributed by atoms with E-state index in [2.05, 4.69) is 5.16 Å². The summed E-state index contributed by atoms with van der Waals surface area (Å²) in [6.45, 7) is 0.264. The minimum Gasteiger partial charge on any atom is -0.459 e. The highest BCUT2D eigenvalue weighted by Gasteiger charge is 2.28. The van der Waals surface area contributed by atoms with E-state index in [1.165, 1.54) is 29.4 Å². The second-order valence-corrected chi connectivity index (χ2v) is 6.73. The third-order valence-corrected chi connectivity index (χ3v) is 4.67. The maximum atomic E-state index is 14.1. The molecular weight excluding hydrogens is 378 g/mol. The van der Waals surface area contributed by atoms with E-state index in [-0.39, 0.29) is 36.4 Å². The van der Waals surface area contributed by atoms with Crippen molar-refractivity contribution in [2.45, 2.75) is 19.1 Å². The first kappa shape index (κ1) is 18.9. The Bertz CT molecular complexity index is 1020. The summed E-state index contributed by atoms with van der Waals surface area (Å²) in [5, 5.41) is 4.08. The highest BCUT2D eigenvalue weighted by Crippen LogP contribution is 2.21. The third kappa shape index (κ3) is 4.34. The molecule has 4 rings (SSSR count). The number of nitrogens with zero attached hydrogens (tertiary/aromatic N) is 2. The average molecular weight is 396 g/mol. The van der Waals surface area contributed by atoms with Gasteiger partial charge in [0.1, 0.15) is 11.6 Å². The maximum Gasteiger partial charge on any atom is 0.289 e. The van der Waals surface area contributed by atoms with E-state index in [9.17, 15) is 13.6 Å². The molecule has 2 heterocycles. The normalized spacial score (nSPS) is 15.7. The number of hydrogen-bond donors (Lipinski definition) is 0. The Morgan fingerprint density at radius 2 is 1.86 bits per heavy atom. The van der Waals surface area contributed by atoms with Crippen LogP contribution in [0.1, 0.15) is 28.1 Å². The molecule has 0 bridgehead atoms. The fourth-order valence-electron chi connectivity index (χ4n) is 3.19. The first-order valence-corrected chi connectivity index (χ1v) is 9.15. The summed E-state index contributed by atoms with van der Waals surface area (Å²) in [5.74, 6) is -0.915. The van der Waals surface area contributed by atoms with Crippen molar-refractivity contribution in [2.75, 3.05) is 6.54 Å². The standard InChI is InChI=1S/C22H18F2N2O3/c23-17-9-7-15(8-10-17)20-12-18(29-25-20)14-26(22(27)21-6-3-11-28-21)13-16-4-1-2-5-19(16)24/h1-11,18H,12-14H2/t18-/m0/s1. The van der Waals surface area contributed by atoms with Gasteiger partial charge in [0.25, 0.3) is 5.91 Å². The van der Waals surface area contributed by atoms with Crippen LogP contribution in [0, 0.1) is 11.6 Å². The molecule has 5 nitrogen and oxygen atoms in total. The fourth-order valence-corrected chi connectivity index (χ4v) is 3.19. The van der Waals surface area contributed by atoms with Crippen LogP contribution in [0.4, 0.5) is 8.78 Å². The Labute approximate surface area is 166 Å². The summed E-state index contributed by atoms with van der Waals surface area (Å²) in [5.41, 5.74) is 1.82. The quantitative estimate of drug-likeness (QED) is 0.621. The largest absolute Gasteiger partial charge is 0.459 e. The van der Waals surface area contributed by atoms with Crippen molar-refractivity contribution >= 4 is 11.6 Å². The molecule has 0 saturated heterocycles. The summed E-state index contributed by atoms with van der Waals surface area (Å²) in [4.78, 5) is 19.8. The van der Waals surface area contributed by atoms with Crippen molar-refractivity contribution in [3.05, 3.63) is 95.4 Å². The Hall–Kier alpha value is -3.48. The lowest BCUT2D eigenvalue weighted by Crippen LogP contribution is -2.37. The molecule has 0 N–H and O–H groups in total. The molecular formula is C22H18F2N2O3. The zero-order valence-electron chi connectivity index (χ0n) is 15.4. The molecule has 2 aromatic carbocycles. The summed E-state index contributed by atoms with van der Waals surface area (Å²) in [6.07, 6.45) is 1.46. The van der Waals surface area contributed by atoms with E-state index in [0.717, 1.165) is 5.56 Å². The van der Waals surface area contributed by atoms with Crippen LogP contribution in [0.5, 0.6) is 0 Å². The Kier molecular flexibility index (Phi) is 5.37. The summed E-state index contributed by atoms with van der Waals surface area (Å²) < 4.78 is 32.5. The van der Waals surface area contributed by atoms with Gasteiger partial charge in [-0.15, -0.1) is 0 Å². The summed E-state index contributed by atoms with van der Waals surface area (Å²) >= 11 is 0. The van der Waals surface area contributed by atoms with E-state index in [0.29, 0.717) is 17.7 Å². The topological polar surface area (TPSA) is 55.0 Å². The molecule has 148 valence electrons. The number of hydrogen-bond acceptors (Lipinski definition) is 4. The van der Waals surface area contributed by atoms with E-state index >= 15 is 0 Å². The number of carbonyl (C=O) groups excluding carboxylic acids is 1. The van der Waals surface area contributed by atoms with E-state index < -0.39 is 6.10 Å². The molecule has 0 saturated carbocycles. The first-order chi connectivity index (χ1) is 14.1. The van der Waals surface area contributed by atoms with Gasteiger partial charge in [-0.05, 0) is 35.9 Å².